The lowest BCUT2D eigenvalue weighted by Crippen LogP contribution is -2.30. The number of aryl methyl sites for hydroxylation is 3. The fourth-order valence-corrected chi connectivity index (χ4v) is 2.29. The van der Waals surface area contributed by atoms with Gasteiger partial charge in [0.05, 0.1) is 11.7 Å². The molecule has 1 unspecified atom stereocenters. The molecule has 0 aliphatic rings. The second-order valence-electron chi connectivity index (χ2n) is 4.81. The zero-order valence-electron chi connectivity index (χ0n) is 11.7. The highest BCUT2D eigenvalue weighted by Gasteiger charge is 2.14. The Labute approximate surface area is 113 Å². The summed E-state index contributed by atoms with van der Waals surface area (Å²) in [5.41, 5.74) is 7.33. The number of aromatic nitrogens is 3. The third-order valence-electron chi connectivity index (χ3n) is 3.20. The van der Waals surface area contributed by atoms with Crippen molar-refractivity contribution in [1.29, 1.82) is 0 Å². The van der Waals surface area contributed by atoms with Crippen molar-refractivity contribution in [1.82, 2.24) is 20.2 Å². The van der Waals surface area contributed by atoms with Crippen molar-refractivity contribution in [2.75, 3.05) is 0 Å². The Balaban J connectivity index is 2.23. The minimum atomic E-state index is 0.0498. The van der Waals surface area contributed by atoms with E-state index in [1.54, 1.807) is 0 Å². The molecular formula is C14H21N5. The lowest BCUT2D eigenvalue weighted by Gasteiger charge is -2.17. The monoisotopic (exact) mass is 259 g/mol. The molecule has 0 saturated carbocycles. The molecule has 0 saturated heterocycles. The van der Waals surface area contributed by atoms with Gasteiger partial charge in [-0.05, 0) is 38.0 Å². The van der Waals surface area contributed by atoms with Gasteiger partial charge < -0.3 is 0 Å². The van der Waals surface area contributed by atoms with Gasteiger partial charge in [-0.15, -0.1) is 0 Å². The van der Waals surface area contributed by atoms with Crippen LogP contribution in [0.2, 0.25) is 0 Å². The number of hydrazine groups is 1. The summed E-state index contributed by atoms with van der Waals surface area (Å²) in [6.07, 6.45) is 4.50. The van der Waals surface area contributed by atoms with Crippen molar-refractivity contribution in [2.24, 2.45) is 5.84 Å². The number of nitrogens with zero attached hydrogens (tertiary/aromatic N) is 3. The molecule has 5 nitrogen and oxygen atoms in total. The number of pyridine rings is 1. The van der Waals surface area contributed by atoms with Crippen LogP contribution in [0.15, 0.2) is 24.5 Å². The summed E-state index contributed by atoms with van der Waals surface area (Å²) in [5, 5.41) is 4.46. The first-order valence-corrected chi connectivity index (χ1v) is 6.55. The van der Waals surface area contributed by atoms with Crippen LogP contribution < -0.4 is 11.3 Å². The SMILES string of the molecule is CCn1nc(C)cc1CC(NN)c1cncc(C)c1. The first-order valence-electron chi connectivity index (χ1n) is 6.55. The first-order chi connectivity index (χ1) is 9.13. The largest absolute Gasteiger partial charge is 0.271 e. The van der Waals surface area contributed by atoms with Crippen molar-refractivity contribution in [3.05, 3.63) is 47.0 Å². The van der Waals surface area contributed by atoms with Crippen molar-refractivity contribution in [3.63, 3.8) is 0 Å². The molecule has 0 fully saturated rings. The molecule has 0 aliphatic heterocycles. The molecule has 2 aromatic rings. The van der Waals surface area contributed by atoms with Crippen molar-refractivity contribution < 1.29 is 0 Å². The summed E-state index contributed by atoms with van der Waals surface area (Å²) < 4.78 is 2.02. The Morgan fingerprint density at radius 1 is 1.32 bits per heavy atom. The predicted octanol–water partition coefficient (Wildman–Crippen LogP) is 1.66. The summed E-state index contributed by atoms with van der Waals surface area (Å²) in [5.74, 6) is 5.69. The Hall–Kier alpha value is -1.72. The van der Waals surface area contributed by atoms with Gasteiger partial charge in [0.1, 0.15) is 0 Å². The molecule has 2 rings (SSSR count). The van der Waals surface area contributed by atoms with Gasteiger partial charge in [0, 0.05) is 31.1 Å². The predicted molar refractivity (Wildman–Crippen MR) is 75.4 cm³/mol. The Morgan fingerprint density at radius 2 is 2.11 bits per heavy atom. The molecule has 0 radical (unpaired) electrons. The van der Waals surface area contributed by atoms with Gasteiger partial charge in [-0.3, -0.25) is 20.9 Å². The van der Waals surface area contributed by atoms with Crippen LogP contribution in [0.5, 0.6) is 0 Å². The van der Waals surface area contributed by atoms with E-state index in [-0.39, 0.29) is 6.04 Å². The fraction of sp³-hybridized carbons (Fsp3) is 0.429. The molecule has 2 aromatic heterocycles. The second-order valence-corrected chi connectivity index (χ2v) is 4.81. The van der Waals surface area contributed by atoms with Gasteiger partial charge in [0.2, 0.25) is 0 Å². The summed E-state index contributed by atoms with van der Waals surface area (Å²) >= 11 is 0. The molecule has 2 heterocycles. The molecule has 0 bridgehead atoms. The quantitative estimate of drug-likeness (QED) is 0.633. The molecule has 5 heteroatoms. The van der Waals surface area contributed by atoms with Crippen LogP contribution in [0, 0.1) is 13.8 Å². The molecule has 0 spiro atoms. The standard InChI is InChI=1S/C14H21N5/c1-4-19-13(6-11(3)18-19)7-14(17-15)12-5-10(2)8-16-9-12/h5-6,8-9,14,17H,4,7,15H2,1-3H3. The van der Waals surface area contributed by atoms with E-state index < -0.39 is 0 Å². The lowest BCUT2D eigenvalue weighted by atomic mass is 10.0. The Bertz CT molecular complexity index is 547. The van der Waals surface area contributed by atoms with Gasteiger partial charge in [0.25, 0.3) is 0 Å². The number of rotatable bonds is 5. The fourth-order valence-electron chi connectivity index (χ4n) is 2.29. The van der Waals surface area contributed by atoms with Gasteiger partial charge in [-0.1, -0.05) is 6.07 Å². The molecular weight excluding hydrogens is 238 g/mol. The normalized spacial score (nSPS) is 12.6. The van der Waals surface area contributed by atoms with E-state index in [1.807, 2.05) is 30.9 Å². The number of nitrogens with one attached hydrogen (secondary N) is 1. The van der Waals surface area contributed by atoms with Gasteiger partial charge >= 0.3 is 0 Å². The molecule has 0 aliphatic carbocycles. The maximum atomic E-state index is 5.69. The van der Waals surface area contributed by atoms with E-state index in [2.05, 4.69) is 34.6 Å². The van der Waals surface area contributed by atoms with Crippen LogP contribution in [0.3, 0.4) is 0 Å². The van der Waals surface area contributed by atoms with E-state index in [9.17, 15) is 0 Å². The number of hydrogen-bond donors (Lipinski definition) is 2. The van der Waals surface area contributed by atoms with Crippen molar-refractivity contribution in [2.45, 2.75) is 39.8 Å². The molecule has 0 amide bonds. The molecule has 102 valence electrons. The van der Waals surface area contributed by atoms with E-state index in [4.69, 9.17) is 5.84 Å². The minimum absolute atomic E-state index is 0.0498. The van der Waals surface area contributed by atoms with Crippen LogP contribution in [0.25, 0.3) is 0 Å². The van der Waals surface area contributed by atoms with Crippen LogP contribution in [0.1, 0.15) is 35.5 Å². The molecule has 1 atom stereocenters. The maximum absolute atomic E-state index is 5.69. The van der Waals surface area contributed by atoms with Crippen LogP contribution in [-0.4, -0.2) is 14.8 Å². The highest BCUT2D eigenvalue weighted by molar-refractivity contribution is 5.22. The summed E-state index contributed by atoms with van der Waals surface area (Å²) in [6.45, 7) is 7.00. The van der Waals surface area contributed by atoms with Gasteiger partial charge in [-0.2, -0.15) is 5.10 Å². The summed E-state index contributed by atoms with van der Waals surface area (Å²) in [4.78, 5) is 4.22. The van der Waals surface area contributed by atoms with Crippen molar-refractivity contribution >= 4 is 0 Å². The zero-order chi connectivity index (χ0) is 13.8. The second kappa shape index (κ2) is 5.95. The highest BCUT2D eigenvalue weighted by Crippen LogP contribution is 2.18. The highest BCUT2D eigenvalue weighted by atomic mass is 15.3. The van der Waals surface area contributed by atoms with E-state index >= 15 is 0 Å². The Morgan fingerprint density at radius 3 is 2.74 bits per heavy atom. The zero-order valence-corrected chi connectivity index (χ0v) is 11.7. The third kappa shape index (κ3) is 3.19. The molecule has 0 aromatic carbocycles. The minimum Gasteiger partial charge on any atom is -0.271 e. The third-order valence-corrected chi connectivity index (χ3v) is 3.20. The Kier molecular flexibility index (Phi) is 4.29. The molecule has 19 heavy (non-hydrogen) atoms. The maximum Gasteiger partial charge on any atom is 0.0596 e. The van der Waals surface area contributed by atoms with Crippen LogP contribution >= 0.6 is 0 Å². The van der Waals surface area contributed by atoms with Crippen LogP contribution in [0.4, 0.5) is 0 Å². The smallest absolute Gasteiger partial charge is 0.0596 e. The van der Waals surface area contributed by atoms with E-state index in [1.165, 1.54) is 5.69 Å². The number of nitrogens with two attached hydrogens (primary N) is 1. The first kappa shape index (κ1) is 13.7. The summed E-state index contributed by atoms with van der Waals surface area (Å²) in [7, 11) is 0. The van der Waals surface area contributed by atoms with E-state index in [0.717, 1.165) is 29.8 Å². The van der Waals surface area contributed by atoms with Gasteiger partial charge in [-0.25, -0.2) is 0 Å². The van der Waals surface area contributed by atoms with E-state index in [0.29, 0.717) is 0 Å². The average molecular weight is 259 g/mol. The number of hydrogen-bond acceptors (Lipinski definition) is 4. The van der Waals surface area contributed by atoms with Crippen LogP contribution in [-0.2, 0) is 13.0 Å². The average Bonchev–Trinajstić information content (AvgIpc) is 2.76. The van der Waals surface area contributed by atoms with Crippen molar-refractivity contribution in [3.8, 4) is 0 Å². The summed E-state index contributed by atoms with van der Waals surface area (Å²) in [6, 6.07) is 4.27. The lowest BCUT2D eigenvalue weighted by molar-refractivity contribution is 0.515. The topological polar surface area (TPSA) is 68.8 Å². The van der Waals surface area contributed by atoms with Gasteiger partial charge in [0.15, 0.2) is 0 Å². The molecule has 3 N–H and O–H groups in total.